The lowest BCUT2D eigenvalue weighted by molar-refractivity contribution is -0.118. The van der Waals surface area contributed by atoms with E-state index in [9.17, 15) is 9.90 Å². The summed E-state index contributed by atoms with van der Waals surface area (Å²) < 4.78 is 0. The Labute approximate surface area is 88.3 Å². The largest absolute Gasteiger partial charge is 0.504 e. The number of pyridine rings is 1. The summed E-state index contributed by atoms with van der Waals surface area (Å²) in [5.74, 6) is -0.240. The van der Waals surface area contributed by atoms with Crippen molar-refractivity contribution >= 4 is 11.7 Å². The van der Waals surface area contributed by atoms with Crippen molar-refractivity contribution in [1.29, 1.82) is 0 Å². The number of hydrogen-bond donors (Lipinski definition) is 3. The van der Waals surface area contributed by atoms with E-state index in [1.165, 1.54) is 12.3 Å². The van der Waals surface area contributed by atoms with Gasteiger partial charge in [0.2, 0.25) is 5.91 Å². The average molecular weight is 209 g/mol. The molecule has 0 aliphatic carbocycles. The third-order valence-electron chi connectivity index (χ3n) is 2.05. The monoisotopic (exact) mass is 209 g/mol. The molecule has 0 spiro atoms. The molecule has 0 saturated carbocycles. The maximum Gasteiger partial charge on any atom is 0.242 e. The summed E-state index contributed by atoms with van der Waals surface area (Å²) >= 11 is 0. The van der Waals surface area contributed by atoms with Gasteiger partial charge in [0.25, 0.3) is 0 Å². The van der Waals surface area contributed by atoms with Crippen molar-refractivity contribution in [2.24, 2.45) is 11.7 Å². The van der Waals surface area contributed by atoms with Crippen molar-refractivity contribution in [3.05, 3.63) is 18.3 Å². The van der Waals surface area contributed by atoms with E-state index in [1.54, 1.807) is 6.07 Å². The number of rotatable bonds is 3. The van der Waals surface area contributed by atoms with Crippen molar-refractivity contribution in [2.45, 2.75) is 19.9 Å². The third-order valence-corrected chi connectivity index (χ3v) is 2.05. The Bertz CT molecular complexity index is 352. The minimum atomic E-state index is -0.605. The normalized spacial score (nSPS) is 12.5. The molecule has 82 valence electrons. The van der Waals surface area contributed by atoms with E-state index in [1.807, 2.05) is 13.8 Å². The summed E-state index contributed by atoms with van der Waals surface area (Å²) in [7, 11) is 0. The standard InChI is InChI=1S/C10H15N3O2/c1-6(2)8(11)10(15)13-9-7(14)4-3-5-12-9/h3-6,8,14H,11H2,1-2H3,(H,12,13,15). The van der Waals surface area contributed by atoms with E-state index >= 15 is 0 Å². The molecule has 1 rings (SSSR count). The molecule has 0 radical (unpaired) electrons. The Balaban J connectivity index is 2.71. The smallest absolute Gasteiger partial charge is 0.242 e. The van der Waals surface area contributed by atoms with Gasteiger partial charge in [-0.1, -0.05) is 13.8 Å². The van der Waals surface area contributed by atoms with E-state index < -0.39 is 6.04 Å². The minimum absolute atomic E-state index is 0.0378. The molecule has 5 nitrogen and oxygen atoms in total. The van der Waals surface area contributed by atoms with Crippen LogP contribution in [0.15, 0.2) is 18.3 Å². The van der Waals surface area contributed by atoms with Crippen LogP contribution in [0.5, 0.6) is 5.75 Å². The second kappa shape index (κ2) is 4.75. The van der Waals surface area contributed by atoms with Gasteiger partial charge in [0.05, 0.1) is 6.04 Å². The summed E-state index contributed by atoms with van der Waals surface area (Å²) in [5.41, 5.74) is 5.64. The first-order chi connectivity index (χ1) is 7.02. The predicted molar refractivity (Wildman–Crippen MR) is 57.3 cm³/mol. The number of nitrogens with two attached hydrogens (primary N) is 1. The first-order valence-electron chi connectivity index (χ1n) is 4.72. The number of amides is 1. The summed E-state index contributed by atoms with van der Waals surface area (Å²) in [5, 5.41) is 11.8. The average Bonchev–Trinajstić information content (AvgIpc) is 2.20. The highest BCUT2D eigenvalue weighted by atomic mass is 16.3. The molecule has 15 heavy (non-hydrogen) atoms. The molecule has 0 aliphatic heterocycles. The molecule has 4 N–H and O–H groups in total. The molecular weight excluding hydrogens is 194 g/mol. The first kappa shape index (κ1) is 11.5. The predicted octanol–water partition coefficient (Wildman–Crippen LogP) is 0.709. The van der Waals surface area contributed by atoms with Crippen LogP contribution in [0.3, 0.4) is 0 Å². The Hall–Kier alpha value is -1.62. The van der Waals surface area contributed by atoms with Gasteiger partial charge >= 0.3 is 0 Å². The fourth-order valence-corrected chi connectivity index (χ4v) is 0.996. The van der Waals surface area contributed by atoms with Gasteiger partial charge in [-0.15, -0.1) is 0 Å². The lowest BCUT2D eigenvalue weighted by atomic mass is 10.1. The van der Waals surface area contributed by atoms with Gasteiger partial charge in [0, 0.05) is 6.20 Å². The van der Waals surface area contributed by atoms with Gasteiger partial charge in [-0.3, -0.25) is 4.79 Å². The van der Waals surface area contributed by atoms with E-state index in [0.717, 1.165) is 0 Å². The molecular formula is C10H15N3O2. The first-order valence-corrected chi connectivity index (χ1v) is 4.72. The fraction of sp³-hybridized carbons (Fsp3) is 0.400. The van der Waals surface area contributed by atoms with E-state index in [2.05, 4.69) is 10.3 Å². The number of aromatic hydroxyl groups is 1. The van der Waals surface area contributed by atoms with Crippen molar-refractivity contribution < 1.29 is 9.90 Å². The maximum atomic E-state index is 11.5. The van der Waals surface area contributed by atoms with Crippen molar-refractivity contribution in [2.75, 3.05) is 5.32 Å². The highest BCUT2D eigenvalue weighted by Crippen LogP contribution is 2.18. The zero-order chi connectivity index (χ0) is 11.4. The van der Waals surface area contributed by atoms with Crippen molar-refractivity contribution in [3.8, 4) is 5.75 Å². The maximum absolute atomic E-state index is 11.5. The second-order valence-corrected chi connectivity index (χ2v) is 3.63. The van der Waals surface area contributed by atoms with E-state index in [-0.39, 0.29) is 23.4 Å². The number of aromatic nitrogens is 1. The second-order valence-electron chi connectivity index (χ2n) is 3.63. The van der Waals surface area contributed by atoms with Crippen LogP contribution in [0.4, 0.5) is 5.82 Å². The Kier molecular flexibility index (Phi) is 3.62. The molecule has 1 aromatic rings. The molecule has 0 aliphatic rings. The van der Waals surface area contributed by atoms with Crippen LogP contribution >= 0.6 is 0 Å². The van der Waals surface area contributed by atoms with Crippen LogP contribution in [0.2, 0.25) is 0 Å². The van der Waals surface area contributed by atoms with E-state index in [4.69, 9.17) is 5.73 Å². The van der Waals surface area contributed by atoms with Gasteiger partial charge in [-0.05, 0) is 18.1 Å². The Morgan fingerprint density at radius 2 is 2.27 bits per heavy atom. The van der Waals surface area contributed by atoms with Gasteiger partial charge in [0.15, 0.2) is 11.6 Å². The number of carbonyl (C=O) groups excluding carboxylic acids is 1. The highest BCUT2D eigenvalue weighted by Gasteiger charge is 2.18. The van der Waals surface area contributed by atoms with Gasteiger partial charge in [-0.25, -0.2) is 4.98 Å². The molecule has 0 bridgehead atoms. The summed E-state index contributed by atoms with van der Waals surface area (Å²) in [6.07, 6.45) is 1.48. The van der Waals surface area contributed by atoms with Crippen LogP contribution in [-0.4, -0.2) is 22.0 Å². The SMILES string of the molecule is CC(C)C(N)C(=O)Nc1ncccc1O. The van der Waals surface area contributed by atoms with E-state index in [0.29, 0.717) is 0 Å². The lowest BCUT2D eigenvalue weighted by Crippen LogP contribution is -2.39. The summed E-state index contributed by atoms with van der Waals surface area (Å²) in [4.78, 5) is 15.3. The van der Waals surface area contributed by atoms with Crippen molar-refractivity contribution in [3.63, 3.8) is 0 Å². The van der Waals surface area contributed by atoms with Crippen LogP contribution in [-0.2, 0) is 4.79 Å². The molecule has 1 amide bonds. The molecule has 1 heterocycles. The Morgan fingerprint density at radius 3 is 2.80 bits per heavy atom. The van der Waals surface area contributed by atoms with Crippen LogP contribution in [0, 0.1) is 5.92 Å². The third kappa shape index (κ3) is 2.92. The van der Waals surface area contributed by atoms with Crippen molar-refractivity contribution in [1.82, 2.24) is 4.98 Å². The molecule has 5 heteroatoms. The highest BCUT2D eigenvalue weighted by molar-refractivity contribution is 5.95. The molecule has 0 fully saturated rings. The fourth-order valence-electron chi connectivity index (χ4n) is 0.996. The number of carbonyl (C=O) groups is 1. The summed E-state index contributed by atoms with van der Waals surface area (Å²) in [6.45, 7) is 3.70. The quantitative estimate of drug-likeness (QED) is 0.684. The topological polar surface area (TPSA) is 88.2 Å². The zero-order valence-corrected chi connectivity index (χ0v) is 8.77. The number of hydrogen-bond acceptors (Lipinski definition) is 4. The molecule has 0 aromatic carbocycles. The minimum Gasteiger partial charge on any atom is -0.504 e. The number of nitrogens with zero attached hydrogens (tertiary/aromatic N) is 1. The number of anilines is 1. The lowest BCUT2D eigenvalue weighted by Gasteiger charge is -2.15. The molecule has 1 atom stereocenters. The molecule has 1 aromatic heterocycles. The summed E-state index contributed by atoms with van der Waals surface area (Å²) in [6, 6.07) is 2.42. The van der Waals surface area contributed by atoms with Crippen LogP contribution in [0.25, 0.3) is 0 Å². The van der Waals surface area contributed by atoms with Gasteiger partial charge < -0.3 is 16.2 Å². The van der Waals surface area contributed by atoms with Gasteiger partial charge in [-0.2, -0.15) is 0 Å². The molecule has 0 saturated heterocycles. The van der Waals surface area contributed by atoms with Crippen LogP contribution in [0.1, 0.15) is 13.8 Å². The van der Waals surface area contributed by atoms with Gasteiger partial charge in [0.1, 0.15) is 0 Å². The zero-order valence-electron chi connectivity index (χ0n) is 8.77. The van der Waals surface area contributed by atoms with Crippen LogP contribution < -0.4 is 11.1 Å². The number of nitrogens with one attached hydrogen (secondary N) is 1. The molecule has 1 unspecified atom stereocenters. The Morgan fingerprint density at radius 1 is 1.60 bits per heavy atom.